The van der Waals surface area contributed by atoms with Crippen molar-refractivity contribution in [3.05, 3.63) is 77.0 Å². The van der Waals surface area contributed by atoms with E-state index in [0.29, 0.717) is 24.8 Å². The molecule has 0 unspecified atom stereocenters. The van der Waals surface area contributed by atoms with Crippen LogP contribution >= 0.6 is 11.6 Å². The Morgan fingerprint density at radius 1 is 1.19 bits per heavy atom. The molecule has 11 nitrogen and oxygen atoms in total. The number of nitrogens with two attached hydrogens (primary N) is 1. The van der Waals surface area contributed by atoms with Gasteiger partial charge >= 0.3 is 6.18 Å². The molecule has 3 aromatic rings. The zero-order valence-electron chi connectivity index (χ0n) is 25.6. The maximum absolute atomic E-state index is 15.3. The Hall–Kier alpha value is -4.02. The van der Waals surface area contributed by atoms with Crippen LogP contribution in [0.15, 0.2) is 59.9 Å². The van der Waals surface area contributed by atoms with Gasteiger partial charge < -0.3 is 21.1 Å². The number of nitrogens with zero attached hydrogens (tertiary/aromatic N) is 3. The average molecular weight is 703 g/mol. The van der Waals surface area contributed by atoms with E-state index in [4.69, 9.17) is 27.2 Å². The lowest BCUT2D eigenvalue weighted by Gasteiger charge is -2.43. The average Bonchev–Trinajstić information content (AvgIpc) is 3.02. The normalized spacial score (nSPS) is 18.8. The van der Waals surface area contributed by atoms with E-state index in [9.17, 15) is 26.4 Å². The van der Waals surface area contributed by atoms with Gasteiger partial charge in [0.05, 0.1) is 28.4 Å². The second kappa shape index (κ2) is 15.7. The Kier molecular flexibility index (Phi) is 12.5. The fourth-order valence-electron chi connectivity index (χ4n) is 5.29. The predicted molar refractivity (Wildman–Crippen MR) is 168 cm³/mol. The van der Waals surface area contributed by atoms with E-state index in [-0.39, 0.29) is 40.7 Å². The molecule has 1 aromatic heterocycles. The summed E-state index contributed by atoms with van der Waals surface area (Å²) in [6.45, 7) is 3.35. The lowest BCUT2D eigenvalue weighted by Crippen LogP contribution is -2.55. The molecule has 17 heteroatoms. The van der Waals surface area contributed by atoms with Crippen LogP contribution in [-0.2, 0) is 25.8 Å². The Morgan fingerprint density at radius 3 is 2.47 bits per heavy atom. The van der Waals surface area contributed by atoms with E-state index >= 15 is 4.39 Å². The molecule has 1 aliphatic rings. The largest absolute Gasteiger partial charge is 0.483 e. The first-order chi connectivity index (χ1) is 22.0. The topological polar surface area (TPSA) is 168 Å². The molecule has 5 N–H and O–H groups in total. The number of sulfonamides is 1. The molecule has 0 aliphatic heterocycles. The van der Waals surface area contributed by atoms with Crippen LogP contribution in [0.4, 0.5) is 29.1 Å². The summed E-state index contributed by atoms with van der Waals surface area (Å²) in [5.74, 6) is -1.98. The van der Waals surface area contributed by atoms with Crippen LogP contribution in [0.1, 0.15) is 50.2 Å². The Labute approximate surface area is 274 Å². The van der Waals surface area contributed by atoms with Gasteiger partial charge in [-0.1, -0.05) is 43.6 Å². The van der Waals surface area contributed by atoms with Crippen molar-refractivity contribution in [1.82, 2.24) is 14.9 Å². The quantitative estimate of drug-likeness (QED) is 0.170. The van der Waals surface area contributed by atoms with Crippen LogP contribution in [0.25, 0.3) is 0 Å². The number of hydrogen-bond acceptors (Lipinski definition) is 8. The SMILES string of the molecule is CC(C)[C@H](N)C(=O)N(C)[C@H]1C[C@@H](c2cccc(C(F)(F)F)c2)CC[C@@H]1Nc1cc(F)c(S(=O)(=O)Nc2ccncn2)cc1Cl.O=CO. The highest BCUT2D eigenvalue weighted by molar-refractivity contribution is 7.92. The van der Waals surface area contributed by atoms with Crippen LogP contribution in [0.5, 0.6) is 0 Å². The summed E-state index contributed by atoms with van der Waals surface area (Å²) in [7, 11) is -2.82. The standard InChI is InChI=1S/C29H33ClF4N6O3S.CH2O2/c1-16(2)27(35)28(41)40(3)24-12-18(17-5-4-6-19(11-17)29(32,33)34)7-8-22(24)38-23-14-21(31)25(13-20(23)30)44(42,43)39-26-9-10-36-15-37-26;2-1-3/h4-6,9-11,13-16,18,22,24,27,38H,7-8,12,35H2,1-3H3,(H,36,37,39);1H,(H,2,3)/t18-,22-,24-,27-;/m0./s1. The van der Waals surface area contributed by atoms with E-state index in [0.717, 1.165) is 30.6 Å². The minimum Gasteiger partial charge on any atom is -0.483 e. The highest BCUT2D eigenvalue weighted by Gasteiger charge is 2.39. The maximum atomic E-state index is 15.3. The number of alkyl halides is 3. The molecular weight excluding hydrogens is 668 g/mol. The summed E-state index contributed by atoms with van der Waals surface area (Å²) in [4.78, 5) is 29.9. The lowest BCUT2D eigenvalue weighted by molar-refractivity contribution is -0.137. The van der Waals surface area contributed by atoms with Gasteiger partial charge in [-0.25, -0.2) is 22.8 Å². The summed E-state index contributed by atoms with van der Waals surface area (Å²) in [5, 5.41) is 9.95. The fraction of sp³-hybridized carbons (Fsp3) is 0.400. The van der Waals surface area contributed by atoms with Crippen LogP contribution < -0.4 is 15.8 Å². The number of amides is 1. The molecule has 1 fully saturated rings. The number of likely N-dealkylation sites (N-methyl/N-ethyl adjacent to an activating group) is 1. The third-order valence-corrected chi connectivity index (χ3v) is 9.51. The fourth-order valence-corrected chi connectivity index (χ4v) is 6.66. The van der Waals surface area contributed by atoms with Gasteiger partial charge in [-0.2, -0.15) is 13.2 Å². The molecule has 256 valence electrons. The minimum absolute atomic E-state index is 0.0644. The summed E-state index contributed by atoms with van der Waals surface area (Å²) < 4.78 is 83.4. The maximum Gasteiger partial charge on any atom is 0.416 e. The molecular formula is C30H35ClF4N6O5S. The number of rotatable bonds is 9. The van der Waals surface area contributed by atoms with Crippen molar-refractivity contribution in [2.75, 3.05) is 17.1 Å². The number of carbonyl (C=O) groups excluding carboxylic acids is 1. The van der Waals surface area contributed by atoms with Crippen molar-refractivity contribution in [3.63, 3.8) is 0 Å². The molecule has 0 bridgehead atoms. The van der Waals surface area contributed by atoms with Gasteiger partial charge in [0.25, 0.3) is 16.5 Å². The van der Waals surface area contributed by atoms with E-state index in [1.165, 1.54) is 23.2 Å². The van der Waals surface area contributed by atoms with Gasteiger partial charge in [-0.15, -0.1) is 0 Å². The van der Waals surface area contributed by atoms with Crippen molar-refractivity contribution in [2.24, 2.45) is 11.7 Å². The van der Waals surface area contributed by atoms with Crippen LogP contribution in [0.3, 0.4) is 0 Å². The Bertz CT molecular complexity index is 1650. The minimum atomic E-state index is -4.50. The molecule has 2 aromatic carbocycles. The van der Waals surface area contributed by atoms with E-state index in [1.807, 2.05) is 0 Å². The summed E-state index contributed by atoms with van der Waals surface area (Å²) in [6.07, 6.45) is -0.925. The zero-order chi connectivity index (χ0) is 35.1. The predicted octanol–water partition coefficient (Wildman–Crippen LogP) is 5.35. The molecule has 47 heavy (non-hydrogen) atoms. The monoisotopic (exact) mass is 702 g/mol. The van der Waals surface area contributed by atoms with Crippen LogP contribution in [0, 0.1) is 11.7 Å². The number of carboxylic acid groups (broad SMARTS) is 1. The highest BCUT2D eigenvalue weighted by Crippen LogP contribution is 2.40. The van der Waals surface area contributed by atoms with Crippen molar-refractivity contribution >= 4 is 45.5 Å². The summed E-state index contributed by atoms with van der Waals surface area (Å²) >= 11 is 6.44. The Morgan fingerprint density at radius 2 is 1.87 bits per heavy atom. The van der Waals surface area contributed by atoms with Gasteiger partial charge in [0, 0.05) is 19.3 Å². The van der Waals surface area contributed by atoms with E-state index in [1.54, 1.807) is 27.0 Å². The highest BCUT2D eigenvalue weighted by atomic mass is 35.5. The summed E-state index contributed by atoms with van der Waals surface area (Å²) in [6, 6.07) is 6.45. The number of hydrogen-bond donors (Lipinski definition) is 4. The van der Waals surface area contributed by atoms with Crippen molar-refractivity contribution in [3.8, 4) is 0 Å². The molecule has 1 aliphatic carbocycles. The number of aromatic nitrogens is 2. The van der Waals surface area contributed by atoms with Crippen LogP contribution in [-0.4, -0.2) is 65.9 Å². The smallest absolute Gasteiger partial charge is 0.416 e. The first-order valence-corrected chi connectivity index (χ1v) is 16.2. The third kappa shape index (κ3) is 9.51. The number of anilines is 2. The van der Waals surface area contributed by atoms with Crippen molar-refractivity contribution in [1.29, 1.82) is 0 Å². The molecule has 0 saturated heterocycles. The number of nitrogens with one attached hydrogen (secondary N) is 2. The molecule has 4 atom stereocenters. The van der Waals surface area contributed by atoms with Crippen LogP contribution in [0.2, 0.25) is 5.02 Å². The second-order valence-electron chi connectivity index (χ2n) is 11.2. The van der Waals surface area contributed by atoms with Gasteiger partial charge in [-0.3, -0.25) is 14.3 Å². The third-order valence-electron chi connectivity index (χ3n) is 7.82. The molecule has 0 spiro atoms. The Balaban J connectivity index is 0.00000192. The van der Waals surface area contributed by atoms with E-state index < -0.39 is 50.6 Å². The van der Waals surface area contributed by atoms with Gasteiger partial charge in [0.15, 0.2) is 0 Å². The van der Waals surface area contributed by atoms with E-state index in [2.05, 4.69) is 20.0 Å². The summed E-state index contributed by atoms with van der Waals surface area (Å²) in [5.41, 5.74) is 5.98. The molecule has 1 saturated carbocycles. The van der Waals surface area contributed by atoms with Gasteiger partial charge in [-0.05, 0) is 60.9 Å². The number of halogens is 5. The first-order valence-electron chi connectivity index (χ1n) is 14.3. The van der Waals surface area contributed by atoms with Crippen molar-refractivity contribution < 1.29 is 40.7 Å². The molecule has 1 heterocycles. The number of carbonyl (C=O) groups is 2. The lowest BCUT2D eigenvalue weighted by atomic mass is 9.77. The van der Waals surface area contributed by atoms with Gasteiger partial charge in [0.1, 0.15) is 22.9 Å². The molecule has 1 amide bonds. The number of benzene rings is 2. The second-order valence-corrected chi connectivity index (χ2v) is 13.3. The molecule has 4 rings (SSSR count). The van der Waals surface area contributed by atoms with Crippen molar-refractivity contribution in [2.45, 2.75) is 68.2 Å². The molecule has 0 radical (unpaired) electrons. The van der Waals surface area contributed by atoms with Gasteiger partial charge in [0.2, 0.25) is 5.91 Å². The zero-order valence-corrected chi connectivity index (χ0v) is 27.2. The first kappa shape index (κ1) is 37.4.